The summed E-state index contributed by atoms with van der Waals surface area (Å²) in [6, 6.07) is 10.0. The van der Waals surface area contributed by atoms with E-state index in [1.54, 1.807) is 11.3 Å². The second-order valence-corrected chi connectivity index (χ2v) is 9.64. The number of carboxylic acids is 2. The first-order chi connectivity index (χ1) is 17.6. The predicted octanol–water partition coefficient (Wildman–Crippen LogP) is 4.54. The van der Waals surface area contributed by atoms with Gasteiger partial charge in [0.25, 0.3) is 5.91 Å². The first-order valence-corrected chi connectivity index (χ1v) is 12.1. The maximum atomic E-state index is 12.6. The number of carbonyl (C=O) groups is 3. The first kappa shape index (κ1) is 31.0. The standard InChI is InChI=1S/C19H23N3OS.2C2HF3O2/c23-18(17-6-3-12-24-17)22-11-8-19(15-22)7-4-10-21(14-19)13-16-5-1-2-9-20-16;2*3-2(4,5)1(6)7/h1-3,5-6,9,12H,4,7-8,10-11,13-15H2;2*(H,6,7). The number of hydrogen-bond donors (Lipinski definition) is 2. The van der Waals surface area contributed by atoms with Crippen molar-refractivity contribution in [3.8, 4) is 0 Å². The monoisotopic (exact) mass is 569 g/mol. The van der Waals surface area contributed by atoms with Crippen LogP contribution in [0.3, 0.4) is 0 Å². The zero-order valence-corrected chi connectivity index (χ0v) is 20.7. The van der Waals surface area contributed by atoms with E-state index in [9.17, 15) is 31.1 Å². The normalized spacial score (nSPS) is 19.7. The maximum absolute atomic E-state index is 12.6. The predicted molar refractivity (Wildman–Crippen MR) is 123 cm³/mol. The van der Waals surface area contributed by atoms with Crippen LogP contribution >= 0.6 is 11.3 Å². The molecule has 0 aliphatic carbocycles. The lowest BCUT2D eigenvalue weighted by molar-refractivity contribution is -0.193. The third-order valence-electron chi connectivity index (χ3n) is 5.79. The molecule has 0 aromatic carbocycles. The molecule has 1 spiro atoms. The van der Waals surface area contributed by atoms with Crippen molar-refractivity contribution in [2.45, 2.75) is 38.2 Å². The van der Waals surface area contributed by atoms with Crippen LogP contribution < -0.4 is 0 Å². The number of hydrogen-bond acceptors (Lipinski definition) is 6. The number of nitrogens with zero attached hydrogens (tertiary/aromatic N) is 3. The Morgan fingerprint density at radius 2 is 1.55 bits per heavy atom. The minimum Gasteiger partial charge on any atom is -0.475 e. The Kier molecular flexibility index (Phi) is 10.6. The van der Waals surface area contributed by atoms with Gasteiger partial charge in [0.05, 0.1) is 10.6 Å². The number of aromatic nitrogens is 1. The molecule has 2 aliphatic rings. The van der Waals surface area contributed by atoms with E-state index in [1.165, 1.54) is 12.8 Å². The number of thiophene rings is 1. The second-order valence-electron chi connectivity index (χ2n) is 8.70. The van der Waals surface area contributed by atoms with Crippen LogP contribution in [-0.2, 0) is 16.1 Å². The minimum absolute atomic E-state index is 0.212. The van der Waals surface area contributed by atoms with Crippen LogP contribution in [0.2, 0.25) is 0 Å². The van der Waals surface area contributed by atoms with Crippen LogP contribution in [0.4, 0.5) is 26.3 Å². The van der Waals surface area contributed by atoms with E-state index in [-0.39, 0.29) is 11.3 Å². The van der Waals surface area contributed by atoms with Crippen molar-refractivity contribution in [2.24, 2.45) is 5.41 Å². The SMILES string of the molecule is O=C(O)C(F)(F)F.O=C(O)C(F)(F)F.O=C(c1cccs1)N1CCC2(CCCN(Cc3ccccn3)C2)C1. The molecule has 4 heterocycles. The fourth-order valence-corrected chi connectivity index (χ4v) is 4.85. The molecule has 2 aromatic heterocycles. The van der Waals surface area contributed by atoms with Gasteiger partial charge in [0.2, 0.25) is 0 Å². The molecule has 38 heavy (non-hydrogen) atoms. The number of amides is 1. The summed E-state index contributed by atoms with van der Waals surface area (Å²) < 4.78 is 63.5. The van der Waals surface area contributed by atoms with Gasteiger partial charge in [-0.2, -0.15) is 26.3 Å². The largest absolute Gasteiger partial charge is 0.490 e. The highest BCUT2D eigenvalue weighted by Gasteiger charge is 2.43. The third-order valence-corrected chi connectivity index (χ3v) is 6.65. The van der Waals surface area contributed by atoms with Gasteiger partial charge in [0.1, 0.15) is 0 Å². The topological polar surface area (TPSA) is 111 Å². The number of alkyl halides is 6. The average Bonchev–Trinajstić information content (AvgIpc) is 3.50. The van der Waals surface area contributed by atoms with E-state index >= 15 is 0 Å². The summed E-state index contributed by atoms with van der Waals surface area (Å²) in [6.07, 6.45) is -4.72. The Balaban J connectivity index is 0.000000301. The van der Waals surface area contributed by atoms with E-state index in [1.807, 2.05) is 29.8 Å². The van der Waals surface area contributed by atoms with E-state index in [0.717, 1.165) is 49.7 Å². The molecule has 2 aliphatic heterocycles. The quantitative estimate of drug-likeness (QED) is 0.523. The molecular weight excluding hydrogens is 544 g/mol. The van der Waals surface area contributed by atoms with Gasteiger partial charge < -0.3 is 15.1 Å². The number of rotatable bonds is 3. The molecule has 0 saturated carbocycles. The van der Waals surface area contributed by atoms with Crippen LogP contribution in [0.5, 0.6) is 0 Å². The molecule has 210 valence electrons. The molecular formula is C23H25F6N3O5S. The van der Waals surface area contributed by atoms with Gasteiger partial charge in [-0.05, 0) is 49.4 Å². The van der Waals surface area contributed by atoms with Crippen molar-refractivity contribution >= 4 is 29.2 Å². The maximum Gasteiger partial charge on any atom is 0.490 e. The Hall–Kier alpha value is -3.20. The van der Waals surface area contributed by atoms with Crippen molar-refractivity contribution in [1.29, 1.82) is 0 Å². The lowest BCUT2D eigenvalue weighted by atomic mass is 9.79. The summed E-state index contributed by atoms with van der Waals surface area (Å²) in [5.74, 6) is -5.30. The molecule has 1 atom stereocenters. The van der Waals surface area contributed by atoms with Crippen LogP contribution in [-0.4, -0.2) is 81.4 Å². The van der Waals surface area contributed by atoms with Gasteiger partial charge in [0.15, 0.2) is 0 Å². The van der Waals surface area contributed by atoms with Crippen molar-refractivity contribution in [3.63, 3.8) is 0 Å². The Labute approximate surface area is 217 Å². The van der Waals surface area contributed by atoms with Gasteiger partial charge in [-0.25, -0.2) is 9.59 Å². The van der Waals surface area contributed by atoms with Crippen LogP contribution in [0, 0.1) is 5.41 Å². The lowest BCUT2D eigenvalue weighted by Crippen LogP contribution is -2.45. The van der Waals surface area contributed by atoms with Gasteiger partial charge in [-0.1, -0.05) is 12.1 Å². The number of halogens is 6. The number of likely N-dealkylation sites (tertiary alicyclic amines) is 2. The Morgan fingerprint density at radius 3 is 2.05 bits per heavy atom. The van der Waals surface area contributed by atoms with E-state index in [2.05, 4.69) is 26.9 Å². The van der Waals surface area contributed by atoms with Crippen molar-refractivity contribution in [1.82, 2.24) is 14.8 Å². The molecule has 0 radical (unpaired) electrons. The van der Waals surface area contributed by atoms with E-state index in [4.69, 9.17) is 19.8 Å². The molecule has 1 amide bonds. The number of pyridine rings is 1. The number of piperidine rings is 1. The van der Waals surface area contributed by atoms with Crippen molar-refractivity contribution < 1.29 is 50.9 Å². The van der Waals surface area contributed by atoms with Gasteiger partial charge in [0, 0.05) is 37.8 Å². The second kappa shape index (κ2) is 13.0. The lowest BCUT2D eigenvalue weighted by Gasteiger charge is -2.40. The Bertz CT molecular complexity index is 1040. The van der Waals surface area contributed by atoms with Crippen LogP contribution in [0.15, 0.2) is 41.9 Å². The smallest absolute Gasteiger partial charge is 0.475 e. The molecule has 2 saturated heterocycles. The highest BCUT2D eigenvalue weighted by molar-refractivity contribution is 7.12. The highest BCUT2D eigenvalue weighted by atomic mass is 32.1. The summed E-state index contributed by atoms with van der Waals surface area (Å²) in [5, 5.41) is 16.2. The number of carbonyl (C=O) groups excluding carboxylic acids is 1. The molecule has 2 N–H and O–H groups in total. The van der Waals surface area contributed by atoms with Gasteiger partial charge >= 0.3 is 24.3 Å². The fourth-order valence-electron chi connectivity index (χ4n) is 4.16. The summed E-state index contributed by atoms with van der Waals surface area (Å²) in [4.78, 5) is 40.3. The van der Waals surface area contributed by atoms with E-state index in [0.29, 0.717) is 0 Å². The fraction of sp³-hybridized carbons (Fsp3) is 0.478. The molecule has 15 heteroatoms. The molecule has 8 nitrogen and oxygen atoms in total. The van der Waals surface area contributed by atoms with Crippen LogP contribution in [0.1, 0.15) is 34.6 Å². The molecule has 1 unspecified atom stereocenters. The highest BCUT2D eigenvalue weighted by Crippen LogP contribution is 2.40. The first-order valence-electron chi connectivity index (χ1n) is 11.2. The molecule has 2 aromatic rings. The third kappa shape index (κ3) is 9.59. The molecule has 2 fully saturated rings. The van der Waals surface area contributed by atoms with Gasteiger partial charge in [-0.3, -0.25) is 14.7 Å². The number of aliphatic carboxylic acids is 2. The van der Waals surface area contributed by atoms with Gasteiger partial charge in [-0.15, -0.1) is 11.3 Å². The molecule has 4 rings (SSSR count). The number of carboxylic acid groups (broad SMARTS) is 2. The van der Waals surface area contributed by atoms with Crippen molar-refractivity contribution in [3.05, 3.63) is 52.5 Å². The van der Waals surface area contributed by atoms with Crippen molar-refractivity contribution in [2.75, 3.05) is 26.2 Å². The summed E-state index contributed by atoms with van der Waals surface area (Å²) in [6.45, 7) is 4.94. The zero-order valence-electron chi connectivity index (χ0n) is 19.8. The summed E-state index contributed by atoms with van der Waals surface area (Å²) >= 11 is 1.55. The average molecular weight is 570 g/mol. The summed E-state index contributed by atoms with van der Waals surface area (Å²) in [5.41, 5.74) is 1.42. The Morgan fingerprint density at radius 1 is 0.921 bits per heavy atom. The minimum atomic E-state index is -5.08. The summed E-state index contributed by atoms with van der Waals surface area (Å²) in [7, 11) is 0. The zero-order chi connectivity index (χ0) is 28.6. The van der Waals surface area contributed by atoms with E-state index < -0.39 is 24.3 Å². The molecule has 0 bridgehead atoms. The van der Waals surface area contributed by atoms with Crippen LogP contribution in [0.25, 0.3) is 0 Å².